The number of carbonyl (C=O) groups is 1. The number of hydrogen-bond donors (Lipinski definition) is 2. The maximum atomic E-state index is 11.5. The minimum absolute atomic E-state index is 0.199. The average Bonchev–Trinajstić information content (AvgIpc) is 2.36. The van der Waals surface area contributed by atoms with E-state index in [1.54, 1.807) is 13.0 Å². The molecule has 0 amide bonds. The van der Waals surface area contributed by atoms with E-state index < -0.39 is 18.7 Å². The number of carbonyl (C=O) groups excluding carboxylic acids is 1. The van der Waals surface area contributed by atoms with Crippen LogP contribution in [0.1, 0.15) is 12.5 Å². The summed E-state index contributed by atoms with van der Waals surface area (Å²) in [6.07, 6.45) is 0.677. The molecule has 0 aliphatic carbocycles. The van der Waals surface area contributed by atoms with Crippen LogP contribution < -0.4 is 0 Å². The first kappa shape index (κ1) is 13.4. The molecule has 0 aromatic heterocycles. The van der Waals surface area contributed by atoms with Gasteiger partial charge in [0, 0.05) is 5.57 Å². The van der Waals surface area contributed by atoms with Crippen LogP contribution in [-0.4, -0.2) is 35.5 Å². The second-order valence-corrected chi connectivity index (χ2v) is 3.67. The number of rotatable bonds is 5. The van der Waals surface area contributed by atoms with E-state index in [4.69, 9.17) is 14.9 Å². The highest BCUT2D eigenvalue weighted by Gasteiger charge is 2.09. The molecule has 0 unspecified atom stereocenters. The summed E-state index contributed by atoms with van der Waals surface area (Å²) >= 11 is 0. The SMILES string of the molecule is C/C(=C\c1ccccc1)C(=O)OC[C@@H](O)CO. The molecule has 4 heteroatoms. The van der Waals surface area contributed by atoms with Crippen molar-refractivity contribution in [1.29, 1.82) is 0 Å². The van der Waals surface area contributed by atoms with Crippen LogP contribution in [0.3, 0.4) is 0 Å². The fraction of sp³-hybridized carbons (Fsp3) is 0.308. The molecule has 0 bridgehead atoms. The Morgan fingerprint density at radius 3 is 2.65 bits per heavy atom. The van der Waals surface area contributed by atoms with Gasteiger partial charge >= 0.3 is 5.97 Å². The second-order valence-electron chi connectivity index (χ2n) is 3.67. The summed E-state index contributed by atoms with van der Waals surface area (Å²) in [6.45, 7) is 1.02. The Balaban J connectivity index is 2.55. The van der Waals surface area contributed by atoms with Crippen molar-refractivity contribution in [2.24, 2.45) is 0 Å². The van der Waals surface area contributed by atoms with Crippen LogP contribution in [0.15, 0.2) is 35.9 Å². The van der Waals surface area contributed by atoms with Gasteiger partial charge in [0.25, 0.3) is 0 Å². The molecule has 0 spiro atoms. The molecule has 4 nitrogen and oxygen atoms in total. The normalized spacial score (nSPS) is 13.2. The monoisotopic (exact) mass is 236 g/mol. The minimum Gasteiger partial charge on any atom is -0.459 e. The molecule has 0 heterocycles. The lowest BCUT2D eigenvalue weighted by Crippen LogP contribution is -2.22. The molecule has 0 aliphatic heterocycles. The van der Waals surface area contributed by atoms with Gasteiger partial charge in [0.1, 0.15) is 12.7 Å². The lowest BCUT2D eigenvalue weighted by atomic mass is 10.1. The number of hydrogen-bond acceptors (Lipinski definition) is 4. The third-order valence-electron chi connectivity index (χ3n) is 2.12. The Morgan fingerprint density at radius 2 is 2.06 bits per heavy atom. The summed E-state index contributed by atoms with van der Waals surface area (Å²) in [7, 11) is 0. The number of aliphatic hydroxyl groups excluding tert-OH is 2. The average molecular weight is 236 g/mol. The van der Waals surface area contributed by atoms with Gasteiger partial charge in [-0.3, -0.25) is 0 Å². The Hall–Kier alpha value is -1.65. The van der Waals surface area contributed by atoms with E-state index in [9.17, 15) is 4.79 Å². The second kappa shape index (κ2) is 6.83. The molecule has 1 aromatic carbocycles. The largest absolute Gasteiger partial charge is 0.459 e. The predicted molar refractivity (Wildman–Crippen MR) is 64.1 cm³/mol. The Morgan fingerprint density at radius 1 is 1.41 bits per heavy atom. The molecule has 17 heavy (non-hydrogen) atoms. The third-order valence-corrected chi connectivity index (χ3v) is 2.12. The first-order valence-electron chi connectivity index (χ1n) is 5.33. The van der Waals surface area contributed by atoms with Gasteiger partial charge in [-0.1, -0.05) is 30.3 Å². The highest BCUT2D eigenvalue weighted by molar-refractivity contribution is 5.92. The minimum atomic E-state index is -1.02. The van der Waals surface area contributed by atoms with Gasteiger partial charge < -0.3 is 14.9 Å². The van der Waals surface area contributed by atoms with E-state index in [1.807, 2.05) is 30.3 Å². The number of ether oxygens (including phenoxy) is 1. The van der Waals surface area contributed by atoms with Gasteiger partial charge in [-0.2, -0.15) is 0 Å². The molecule has 1 aromatic rings. The zero-order valence-corrected chi connectivity index (χ0v) is 9.67. The first-order valence-corrected chi connectivity index (χ1v) is 5.33. The van der Waals surface area contributed by atoms with E-state index in [1.165, 1.54) is 0 Å². The van der Waals surface area contributed by atoms with Gasteiger partial charge in [0.2, 0.25) is 0 Å². The fourth-order valence-corrected chi connectivity index (χ4v) is 1.20. The summed E-state index contributed by atoms with van der Waals surface area (Å²) in [5.74, 6) is -0.499. The van der Waals surface area contributed by atoms with Crippen LogP contribution in [0, 0.1) is 0 Å². The van der Waals surface area contributed by atoms with Gasteiger partial charge in [-0.05, 0) is 18.6 Å². The quantitative estimate of drug-likeness (QED) is 0.591. The summed E-state index contributed by atoms with van der Waals surface area (Å²) in [5, 5.41) is 17.6. The van der Waals surface area contributed by atoms with E-state index in [2.05, 4.69) is 0 Å². The van der Waals surface area contributed by atoms with Gasteiger partial charge in [-0.25, -0.2) is 4.79 Å². The van der Waals surface area contributed by atoms with E-state index in [0.29, 0.717) is 5.57 Å². The van der Waals surface area contributed by atoms with Crippen molar-refractivity contribution in [2.45, 2.75) is 13.0 Å². The maximum Gasteiger partial charge on any atom is 0.333 e. The summed E-state index contributed by atoms with van der Waals surface area (Å²) in [4.78, 5) is 11.5. The highest BCUT2D eigenvalue weighted by Crippen LogP contribution is 2.07. The van der Waals surface area contributed by atoms with E-state index in [-0.39, 0.29) is 6.61 Å². The van der Waals surface area contributed by atoms with E-state index in [0.717, 1.165) is 5.56 Å². The van der Waals surface area contributed by atoms with Crippen molar-refractivity contribution >= 4 is 12.0 Å². The number of aliphatic hydroxyl groups is 2. The Kier molecular flexibility index (Phi) is 5.39. The molecule has 0 aliphatic rings. The molecular formula is C13H16O4. The lowest BCUT2D eigenvalue weighted by Gasteiger charge is -2.08. The molecule has 2 N–H and O–H groups in total. The molecular weight excluding hydrogens is 220 g/mol. The van der Waals surface area contributed by atoms with Crippen LogP contribution in [-0.2, 0) is 9.53 Å². The summed E-state index contributed by atoms with van der Waals surface area (Å²) in [6, 6.07) is 9.39. The molecule has 1 rings (SSSR count). The smallest absolute Gasteiger partial charge is 0.333 e. The third kappa shape index (κ3) is 4.80. The molecule has 92 valence electrons. The summed E-state index contributed by atoms with van der Waals surface area (Å²) in [5.41, 5.74) is 1.35. The lowest BCUT2D eigenvalue weighted by molar-refractivity contribution is -0.142. The van der Waals surface area contributed by atoms with Crippen LogP contribution in [0.2, 0.25) is 0 Å². The van der Waals surface area contributed by atoms with Gasteiger partial charge in [0.15, 0.2) is 0 Å². The predicted octanol–water partition coefficient (Wildman–Crippen LogP) is 0.986. The molecule has 0 fully saturated rings. The van der Waals surface area contributed by atoms with Gasteiger partial charge in [-0.15, -0.1) is 0 Å². The molecule has 0 saturated carbocycles. The van der Waals surface area contributed by atoms with Gasteiger partial charge in [0.05, 0.1) is 6.61 Å². The van der Waals surface area contributed by atoms with E-state index >= 15 is 0 Å². The molecule has 0 saturated heterocycles. The topological polar surface area (TPSA) is 66.8 Å². The van der Waals surface area contributed by atoms with Crippen molar-refractivity contribution in [3.63, 3.8) is 0 Å². The van der Waals surface area contributed by atoms with Crippen molar-refractivity contribution in [1.82, 2.24) is 0 Å². The van der Waals surface area contributed by atoms with Crippen LogP contribution in [0.4, 0.5) is 0 Å². The van der Waals surface area contributed by atoms with Crippen molar-refractivity contribution < 1.29 is 19.7 Å². The molecule has 1 atom stereocenters. The van der Waals surface area contributed by atoms with Crippen LogP contribution >= 0.6 is 0 Å². The maximum absolute atomic E-state index is 11.5. The zero-order chi connectivity index (χ0) is 12.7. The molecule has 0 radical (unpaired) electrons. The van der Waals surface area contributed by atoms with Crippen molar-refractivity contribution in [2.75, 3.05) is 13.2 Å². The number of esters is 1. The van der Waals surface area contributed by atoms with Crippen molar-refractivity contribution in [3.05, 3.63) is 41.5 Å². The Labute approximate surface area is 100 Å². The zero-order valence-electron chi connectivity index (χ0n) is 9.67. The van der Waals surface area contributed by atoms with Crippen molar-refractivity contribution in [3.8, 4) is 0 Å². The Bertz CT molecular complexity index is 384. The first-order chi connectivity index (χ1) is 8.13. The fourth-order valence-electron chi connectivity index (χ4n) is 1.20. The van der Waals surface area contributed by atoms with Crippen LogP contribution in [0.25, 0.3) is 6.08 Å². The number of benzene rings is 1. The summed E-state index contributed by atoms with van der Waals surface area (Å²) < 4.78 is 4.81. The van der Waals surface area contributed by atoms with Crippen LogP contribution in [0.5, 0.6) is 0 Å². The standard InChI is InChI=1S/C13H16O4/c1-10(7-11-5-3-2-4-6-11)13(16)17-9-12(15)8-14/h2-7,12,14-15H,8-9H2,1H3/b10-7+/t12-/m0/s1. The highest BCUT2D eigenvalue weighted by atomic mass is 16.5.